The molecule has 2 rings (SSSR count). The van der Waals surface area contributed by atoms with Gasteiger partial charge in [-0.1, -0.05) is 12.2 Å². The Balaban J connectivity index is 1.91. The third-order valence-corrected chi connectivity index (χ3v) is 3.57. The Morgan fingerprint density at radius 2 is 2.33 bits per heavy atom. The minimum absolute atomic E-state index is 0.182. The molecular formula is C9H12INO. The number of halogens is 1. The molecule has 12 heavy (non-hydrogen) atoms. The molecule has 0 spiro atoms. The SMILES string of the molecule is O=C(CC1CC2C=CC1C2)NI. The maximum atomic E-state index is 11.1. The molecule has 0 aliphatic heterocycles. The highest BCUT2D eigenvalue weighted by Crippen LogP contribution is 2.44. The van der Waals surface area contributed by atoms with Gasteiger partial charge in [-0.2, -0.15) is 0 Å². The van der Waals surface area contributed by atoms with Crippen molar-refractivity contribution in [1.82, 2.24) is 3.53 Å². The molecule has 1 amide bonds. The first-order chi connectivity index (χ1) is 5.79. The molecule has 3 unspecified atom stereocenters. The fourth-order valence-electron chi connectivity index (χ4n) is 2.41. The van der Waals surface area contributed by atoms with Crippen molar-refractivity contribution in [1.29, 1.82) is 0 Å². The average molecular weight is 277 g/mol. The van der Waals surface area contributed by atoms with Crippen LogP contribution in [0.5, 0.6) is 0 Å². The van der Waals surface area contributed by atoms with E-state index < -0.39 is 0 Å². The Morgan fingerprint density at radius 1 is 1.50 bits per heavy atom. The summed E-state index contributed by atoms with van der Waals surface area (Å²) in [5, 5.41) is 0. The highest BCUT2D eigenvalue weighted by Gasteiger charge is 2.36. The van der Waals surface area contributed by atoms with Gasteiger partial charge in [-0.05, 0) is 30.6 Å². The number of carbonyl (C=O) groups excluding carboxylic acids is 1. The fraction of sp³-hybridized carbons (Fsp3) is 0.667. The van der Waals surface area contributed by atoms with Gasteiger partial charge in [0.25, 0.3) is 0 Å². The Hall–Kier alpha value is -0.0600. The van der Waals surface area contributed by atoms with Crippen LogP contribution in [0.3, 0.4) is 0 Å². The van der Waals surface area contributed by atoms with Crippen LogP contribution in [0.2, 0.25) is 0 Å². The van der Waals surface area contributed by atoms with E-state index in [-0.39, 0.29) is 5.91 Å². The molecule has 66 valence electrons. The molecule has 2 aliphatic rings. The number of carbonyl (C=O) groups is 1. The van der Waals surface area contributed by atoms with Crippen molar-refractivity contribution < 1.29 is 4.79 Å². The number of nitrogens with one attached hydrogen (secondary N) is 1. The van der Waals surface area contributed by atoms with Crippen LogP contribution in [0.25, 0.3) is 0 Å². The second kappa shape index (κ2) is 3.36. The van der Waals surface area contributed by atoms with Crippen LogP contribution in [-0.2, 0) is 4.79 Å². The quantitative estimate of drug-likeness (QED) is 0.467. The van der Waals surface area contributed by atoms with Crippen molar-refractivity contribution in [3.8, 4) is 0 Å². The zero-order chi connectivity index (χ0) is 8.55. The molecule has 0 aromatic carbocycles. The molecule has 1 saturated carbocycles. The molecule has 0 aromatic heterocycles. The summed E-state index contributed by atoms with van der Waals surface area (Å²) >= 11 is 1.91. The minimum Gasteiger partial charge on any atom is -0.299 e. The highest BCUT2D eigenvalue weighted by molar-refractivity contribution is 14.1. The first-order valence-electron chi connectivity index (χ1n) is 4.37. The molecule has 3 heteroatoms. The van der Waals surface area contributed by atoms with Gasteiger partial charge in [0.15, 0.2) is 0 Å². The van der Waals surface area contributed by atoms with Crippen LogP contribution < -0.4 is 3.53 Å². The summed E-state index contributed by atoms with van der Waals surface area (Å²) in [6.07, 6.45) is 7.83. The van der Waals surface area contributed by atoms with E-state index in [0.717, 1.165) is 5.92 Å². The van der Waals surface area contributed by atoms with E-state index in [2.05, 4.69) is 15.7 Å². The summed E-state index contributed by atoms with van der Waals surface area (Å²) in [6.45, 7) is 0. The number of hydrogen-bond donors (Lipinski definition) is 1. The lowest BCUT2D eigenvalue weighted by atomic mass is 9.90. The first-order valence-corrected chi connectivity index (χ1v) is 5.45. The number of fused-ring (bicyclic) bond motifs is 2. The lowest BCUT2D eigenvalue weighted by molar-refractivity contribution is -0.119. The molecule has 2 aliphatic carbocycles. The summed E-state index contributed by atoms with van der Waals surface area (Å²) in [5.74, 6) is 2.28. The normalized spacial score (nSPS) is 37.2. The van der Waals surface area contributed by atoms with Gasteiger partial charge in [-0.3, -0.25) is 8.32 Å². The Morgan fingerprint density at radius 3 is 2.83 bits per heavy atom. The zero-order valence-corrected chi connectivity index (χ0v) is 8.95. The van der Waals surface area contributed by atoms with Gasteiger partial charge in [0.2, 0.25) is 5.91 Å². The predicted octanol–water partition coefficient (Wildman–Crippen LogP) is 2.05. The van der Waals surface area contributed by atoms with E-state index >= 15 is 0 Å². The lowest BCUT2D eigenvalue weighted by Crippen LogP contribution is -2.19. The second-order valence-electron chi connectivity index (χ2n) is 3.76. The largest absolute Gasteiger partial charge is 0.299 e. The molecule has 0 saturated heterocycles. The number of amides is 1. The average Bonchev–Trinajstić information content (AvgIpc) is 2.64. The molecule has 2 nitrogen and oxygen atoms in total. The maximum Gasteiger partial charge on any atom is 0.228 e. The van der Waals surface area contributed by atoms with Gasteiger partial charge >= 0.3 is 0 Å². The Kier molecular flexibility index (Phi) is 2.39. The van der Waals surface area contributed by atoms with Gasteiger partial charge in [0.1, 0.15) is 0 Å². The van der Waals surface area contributed by atoms with Crippen molar-refractivity contribution in [2.24, 2.45) is 17.8 Å². The van der Waals surface area contributed by atoms with Gasteiger partial charge < -0.3 is 0 Å². The molecule has 0 heterocycles. The minimum atomic E-state index is 0.182. The lowest BCUT2D eigenvalue weighted by Gasteiger charge is -2.15. The summed E-state index contributed by atoms with van der Waals surface area (Å²) in [7, 11) is 0. The monoisotopic (exact) mass is 277 g/mol. The topological polar surface area (TPSA) is 29.1 Å². The van der Waals surface area contributed by atoms with Crippen molar-refractivity contribution in [3.05, 3.63) is 12.2 Å². The number of allylic oxidation sites excluding steroid dienone is 2. The number of rotatable bonds is 2. The van der Waals surface area contributed by atoms with Crippen LogP contribution in [-0.4, -0.2) is 5.91 Å². The van der Waals surface area contributed by atoms with Crippen molar-refractivity contribution in [2.75, 3.05) is 0 Å². The first kappa shape index (κ1) is 8.53. The Bertz CT molecular complexity index is 227. The van der Waals surface area contributed by atoms with E-state index in [9.17, 15) is 4.79 Å². The van der Waals surface area contributed by atoms with Crippen molar-refractivity contribution >= 4 is 28.8 Å². The molecule has 0 aromatic rings. The van der Waals surface area contributed by atoms with E-state index in [0.29, 0.717) is 18.3 Å². The van der Waals surface area contributed by atoms with Gasteiger partial charge in [-0.15, -0.1) is 0 Å². The van der Waals surface area contributed by atoms with E-state index in [1.54, 1.807) is 0 Å². The third kappa shape index (κ3) is 1.51. The number of hydrogen-bond acceptors (Lipinski definition) is 1. The third-order valence-electron chi connectivity index (χ3n) is 2.97. The van der Waals surface area contributed by atoms with Crippen LogP contribution in [0.1, 0.15) is 19.3 Å². The summed E-state index contributed by atoms with van der Waals surface area (Å²) < 4.78 is 2.66. The van der Waals surface area contributed by atoms with Gasteiger partial charge in [0.05, 0.1) is 22.9 Å². The van der Waals surface area contributed by atoms with Gasteiger partial charge in [0, 0.05) is 6.42 Å². The van der Waals surface area contributed by atoms with E-state index in [4.69, 9.17) is 0 Å². The standard InChI is InChI=1S/C9H12INO/c10-11-9(12)5-8-4-6-1-2-7(8)3-6/h1-2,6-8H,3-5H2,(H,11,12). The smallest absolute Gasteiger partial charge is 0.228 e. The molecule has 1 N–H and O–H groups in total. The maximum absolute atomic E-state index is 11.1. The molecule has 2 bridgehead atoms. The van der Waals surface area contributed by atoms with Crippen LogP contribution >= 0.6 is 22.9 Å². The van der Waals surface area contributed by atoms with Crippen molar-refractivity contribution in [2.45, 2.75) is 19.3 Å². The summed E-state index contributed by atoms with van der Waals surface area (Å²) in [5.41, 5.74) is 0. The molecule has 3 atom stereocenters. The molecule has 1 fully saturated rings. The van der Waals surface area contributed by atoms with Crippen LogP contribution in [0.4, 0.5) is 0 Å². The van der Waals surface area contributed by atoms with E-state index in [1.165, 1.54) is 12.8 Å². The zero-order valence-electron chi connectivity index (χ0n) is 6.79. The summed E-state index contributed by atoms with van der Waals surface area (Å²) in [6, 6.07) is 0. The van der Waals surface area contributed by atoms with Crippen LogP contribution in [0, 0.1) is 17.8 Å². The van der Waals surface area contributed by atoms with Crippen molar-refractivity contribution in [3.63, 3.8) is 0 Å². The highest BCUT2D eigenvalue weighted by atomic mass is 127. The van der Waals surface area contributed by atoms with Gasteiger partial charge in [-0.25, -0.2) is 0 Å². The Labute approximate surface area is 86.3 Å². The predicted molar refractivity (Wildman–Crippen MR) is 55.6 cm³/mol. The summed E-state index contributed by atoms with van der Waals surface area (Å²) in [4.78, 5) is 11.1. The van der Waals surface area contributed by atoms with Crippen LogP contribution in [0.15, 0.2) is 12.2 Å². The van der Waals surface area contributed by atoms with E-state index in [1.807, 2.05) is 22.9 Å². The fourth-order valence-corrected chi connectivity index (χ4v) is 2.63. The molecule has 0 radical (unpaired) electrons. The molecular weight excluding hydrogens is 265 g/mol. The second-order valence-corrected chi connectivity index (χ2v) is 4.30.